The summed E-state index contributed by atoms with van der Waals surface area (Å²) >= 11 is 6.01. The molecule has 0 saturated carbocycles. The van der Waals surface area contributed by atoms with Gasteiger partial charge < -0.3 is 14.3 Å². The van der Waals surface area contributed by atoms with Crippen LogP contribution in [-0.4, -0.2) is 42.3 Å². The van der Waals surface area contributed by atoms with Crippen molar-refractivity contribution in [1.29, 1.82) is 0 Å². The minimum atomic E-state index is -0.147. The Morgan fingerprint density at radius 2 is 1.96 bits per heavy atom. The lowest BCUT2D eigenvalue weighted by Gasteiger charge is -2.36. The van der Waals surface area contributed by atoms with E-state index >= 15 is 0 Å². The van der Waals surface area contributed by atoms with Crippen LogP contribution in [0.4, 0.5) is 16.3 Å². The van der Waals surface area contributed by atoms with E-state index < -0.39 is 0 Å². The highest BCUT2D eigenvalue weighted by atomic mass is 35.5. The van der Waals surface area contributed by atoms with E-state index in [1.165, 1.54) is 5.69 Å². The zero-order chi connectivity index (χ0) is 16.4. The number of hydrogen-bond donors (Lipinski definition) is 1. The Bertz CT molecular complexity index is 708. The van der Waals surface area contributed by atoms with Gasteiger partial charge in [0.15, 0.2) is 5.82 Å². The highest BCUT2D eigenvalue weighted by Crippen LogP contribution is 2.24. The first-order valence-corrected chi connectivity index (χ1v) is 7.91. The topological polar surface area (TPSA) is 61.6 Å². The number of piperazine rings is 1. The van der Waals surface area contributed by atoms with Crippen LogP contribution in [-0.2, 0) is 0 Å². The van der Waals surface area contributed by atoms with Crippen molar-refractivity contribution < 1.29 is 9.32 Å². The molecule has 0 atom stereocenters. The minimum Gasteiger partial charge on any atom is -0.368 e. The van der Waals surface area contributed by atoms with E-state index in [0.717, 1.165) is 23.7 Å². The summed E-state index contributed by atoms with van der Waals surface area (Å²) in [6, 6.07) is 7.45. The smallest absolute Gasteiger partial charge is 0.323 e. The van der Waals surface area contributed by atoms with E-state index in [4.69, 9.17) is 16.1 Å². The molecule has 0 spiro atoms. The molecule has 0 radical (unpaired) electrons. The molecule has 6 nitrogen and oxygen atoms in total. The van der Waals surface area contributed by atoms with Crippen LogP contribution in [0.5, 0.6) is 0 Å². The Hall–Kier alpha value is -2.21. The van der Waals surface area contributed by atoms with Gasteiger partial charge >= 0.3 is 6.03 Å². The first kappa shape index (κ1) is 15.7. The fourth-order valence-corrected chi connectivity index (χ4v) is 2.96. The number of benzene rings is 1. The maximum atomic E-state index is 12.2. The number of aryl methyl sites for hydroxylation is 2. The fraction of sp³-hybridized carbons (Fsp3) is 0.375. The summed E-state index contributed by atoms with van der Waals surface area (Å²) in [6.07, 6.45) is 0. The summed E-state index contributed by atoms with van der Waals surface area (Å²) < 4.78 is 4.95. The third kappa shape index (κ3) is 3.59. The molecule has 0 bridgehead atoms. The number of urea groups is 1. The molecule has 1 aliphatic rings. The molecule has 0 aliphatic carbocycles. The van der Waals surface area contributed by atoms with Gasteiger partial charge in [-0.1, -0.05) is 16.8 Å². The van der Waals surface area contributed by atoms with Crippen molar-refractivity contribution in [3.63, 3.8) is 0 Å². The lowest BCUT2D eigenvalue weighted by atomic mass is 10.1. The lowest BCUT2D eigenvalue weighted by Crippen LogP contribution is -2.50. The molecule has 2 heterocycles. The summed E-state index contributed by atoms with van der Waals surface area (Å²) in [5, 5.41) is 7.27. The Kier molecular flexibility index (Phi) is 4.43. The van der Waals surface area contributed by atoms with Gasteiger partial charge in [0.2, 0.25) is 0 Å². The summed E-state index contributed by atoms with van der Waals surface area (Å²) in [5.41, 5.74) is 2.31. The van der Waals surface area contributed by atoms with Crippen LogP contribution in [0.25, 0.3) is 0 Å². The third-order valence-electron chi connectivity index (χ3n) is 3.93. The van der Waals surface area contributed by atoms with E-state index in [2.05, 4.69) is 15.4 Å². The molecule has 1 aromatic heterocycles. The van der Waals surface area contributed by atoms with Crippen molar-refractivity contribution in [3.05, 3.63) is 40.6 Å². The van der Waals surface area contributed by atoms with E-state index in [-0.39, 0.29) is 6.03 Å². The molecule has 1 fully saturated rings. The summed E-state index contributed by atoms with van der Waals surface area (Å²) in [7, 11) is 0. The number of aromatic nitrogens is 1. The highest BCUT2D eigenvalue weighted by molar-refractivity contribution is 6.30. The quantitative estimate of drug-likeness (QED) is 0.915. The number of carbonyl (C=O) groups excluding carboxylic acids is 1. The van der Waals surface area contributed by atoms with E-state index in [9.17, 15) is 4.79 Å². The van der Waals surface area contributed by atoms with Gasteiger partial charge in [-0.3, -0.25) is 5.32 Å². The fourth-order valence-electron chi connectivity index (χ4n) is 2.74. The Labute approximate surface area is 140 Å². The summed E-state index contributed by atoms with van der Waals surface area (Å²) in [4.78, 5) is 16.3. The molecule has 1 saturated heterocycles. The molecule has 122 valence electrons. The maximum absolute atomic E-state index is 12.2. The third-order valence-corrected chi connectivity index (χ3v) is 4.16. The maximum Gasteiger partial charge on any atom is 0.323 e. The average molecular weight is 335 g/mol. The monoisotopic (exact) mass is 334 g/mol. The molecule has 3 rings (SSSR count). The number of anilines is 2. The molecular formula is C16H19ClN4O2. The van der Waals surface area contributed by atoms with E-state index in [1.54, 1.807) is 17.9 Å². The number of nitrogens with one attached hydrogen (secondary N) is 1. The van der Waals surface area contributed by atoms with E-state index in [0.29, 0.717) is 24.7 Å². The van der Waals surface area contributed by atoms with Crippen molar-refractivity contribution in [2.75, 3.05) is 36.4 Å². The first-order valence-electron chi connectivity index (χ1n) is 7.53. The standard InChI is InChI=1S/C16H19ClN4O2/c1-11-9-13(17)3-4-14(11)20-5-7-21(8-6-20)16(22)18-15-10-12(2)23-19-15/h3-4,9-10H,5-8H2,1-2H3,(H,18,19,22). The molecular weight excluding hydrogens is 316 g/mol. The predicted molar refractivity (Wildman–Crippen MR) is 90.2 cm³/mol. The minimum absolute atomic E-state index is 0.147. The Balaban J connectivity index is 1.58. The largest absolute Gasteiger partial charge is 0.368 e. The molecule has 1 aromatic carbocycles. The summed E-state index contributed by atoms with van der Waals surface area (Å²) in [6.45, 7) is 6.72. The first-order chi connectivity index (χ1) is 11.0. The Morgan fingerprint density at radius 1 is 1.22 bits per heavy atom. The van der Waals surface area contributed by atoms with Crippen LogP contribution in [0.15, 0.2) is 28.8 Å². The zero-order valence-corrected chi connectivity index (χ0v) is 13.9. The van der Waals surface area contributed by atoms with Crippen molar-refractivity contribution in [2.24, 2.45) is 0 Å². The van der Waals surface area contributed by atoms with Gasteiger partial charge in [-0.25, -0.2) is 4.79 Å². The van der Waals surface area contributed by atoms with Crippen LogP contribution in [0, 0.1) is 13.8 Å². The second-order valence-electron chi connectivity index (χ2n) is 5.66. The number of hydrogen-bond acceptors (Lipinski definition) is 4. The van der Waals surface area contributed by atoms with Crippen molar-refractivity contribution in [1.82, 2.24) is 10.1 Å². The van der Waals surface area contributed by atoms with Crippen LogP contribution in [0.3, 0.4) is 0 Å². The highest BCUT2D eigenvalue weighted by Gasteiger charge is 2.22. The number of halogens is 1. The zero-order valence-electron chi connectivity index (χ0n) is 13.2. The van der Waals surface area contributed by atoms with Crippen LogP contribution >= 0.6 is 11.6 Å². The van der Waals surface area contributed by atoms with Crippen LogP contribution < -0.4 is 10.2 Å². The molecule has 1 N–H and O–H groups in total. The molecule has 1 aliphatic heterocycles. The van der Waals surface area contributed by atoms with Crippen LogP contribution in [0.2, 0.25) is 5.02 Å². The summed E-state index contributed by atoms with van der Waals surface area (Å²) in [5.74, 6) is 1.12. The van der Waals surface area contributed by atoms with Crippen molar-refractivity contribution in [3.8, 4) is 0 Å². The number of nitrogens with zero attached hydrogens (tertiary/aromatic N) is 3. The van der Waals surface area contributed by atoms with Gasteiger partial charge in [-0.2, -0.15) is 0 Å². The lowest BCUT2D eigenvalue weighted by molar-refractivity contribution is 0.208. The van der Waals surface area contributed by atoms with Gasteiger partial charge in [0.25, 0.3) is 0 Å². The molecule has 23 heavy (non-hydrogen) atoms. The molecule has 2 amide bonds. The SMILES string of the molecule is Cc1cc(NC(=O)N2CCN(c3ccc(Cl)cc3C)CC2)no1. The molecule has 0 unspecified atom stereocenters. The van der Waals surface area contributed by atoms with Gasteiger partial charge in [-0.05, 0) is 37.6 Å². The number of rotatable bonds is 2. The normalized spacial score (nSPS) is 14.9. The predicted octanol–water partition coefficient (Wildman–Crippen LogP) is 3.30. The number of amides is 2. The second kappa shape index (κ2) is 6.50. The second-order valence-corrected chi connectivity index (χ2v) is 6.09. The van der Waals surface area contributed by atoms with Gasteiger partial charge in [0.1, 0.15) is 5.76 Å². The molecule has 7 heteroatoms. The van der Waals surface area contributed by atoms with E-state index in [1.807, 2.05) is 25.1 Å². The number of carbonyl (C=O) groups is 1. The van der Waals surface area contributed by atoms with Crippen molar-refractivity contribution in [2.45, 2.75) is 13.8 Å². The average Bonchev–Trinajstić information content (AvgIpc) is 2.92. The Morgan fingerprint density at radius 3 is 2.57 bits per heavy atom. The van der Waals surface area contributed by atoms with Crippen LogP contribution in [0.1, 0.15) is 11.3 Å². The van der Waals surface area contributed by atoms with Gasteiger partial charge in [0, 0.05) is 43.0 Å². The van der Waals surface area contributed by atoms with Gasteiger partial charge in [-0.15, -0.1) is 0 Å². The van der Waals surface area contributed by atoms with Gasteiger partial charge in [0.05, 0.1) is 0 Å². The van der Waals surface area contributed by atoms with Crippen molar-refractivity contribution >= 4 is 29.1 Å². The molecule has 2 aromatic rings.